The molecule has 1 aromatic heterocycles. The van der Waals surface area contributed by atoms with Crippen molar-refractivity contribution >= 4 is 53.0 Å². The number of nitro groups is 1. The summed E-state index contributed by atoms with van der Waals surface area (Å²) in [6.07, 6.45) is 1.22. The number of furan rings is 1. The third-order valence-electron chi connectivity index (χ3n) is 6.15. The minimum absolute atomic E-state index is 0.110. The largest absolute Gasteiger partial charge is 0.493 e. The molecule has 0 radical (unpaired) electrons. The average Bonchev–Trinajstić information content (AvgIpc) is 3.44. The molecule has 1 atom stereocenters. The number of carbonyl (C=O) groups excluding carboxylic acids is 3. The lowest BCUT2D eigenvalue weighted by atomic mass is 9.95. The molecule has 3 aromatic rings. The highest BCUT2D eigenvalue weighted by Crippen LogP contribution is 2.37. The van der Waals surface area contributed by atoms with Gasteiger partial charge in [0.2, 0.25) is 0 Å². The van der Waals surface area contributed by atoms with Gasteiger partial charge in [-0.3, -0.25) is 14.9 Å². The van der Waals surface area contributed by atoms with Crippen LogP contribution in [-0.2, 0) is 14.3 Å². The summed E-state index contributed by atoms with van der Waals surface area (Å²) in [6.45, 7) is 3.00. The van der Waals surface area contributed by atoms with Crippen LogP contribution in [-0.4, -0.2) is 49.4 Å². The van der Waals surface area contributed by atoms with Crippen molar-refractivity contribution in [2.45, 2.75) is 19.9 Å². The van der Waals surface area contributed by atoms with Crippen LogP contribution in [0.5, 0.6) is 11.5 Å². The van der Waals surface area contributed by atoms with Crippen LogP contribution >= 0.6 is 23.2 Å². The van der Waals surface area contributed by atoms with Gasteiger partial charge < -0.3 is 29.3 Å². The van der Waals surface area contributed by atoms with Crippen LogP contribution in [0.25, 0.3) is 11.3 Å². The quantitative estimate of drug-likeness (QED) is 0.113. The number of ether oxygens (including phenoxy) is 3. The van der Waals surface area contributed by atoms with Gasteiger partial charge in [-0.1, -0.05) is 29.3 Å². The first-order valence-corrected chi connectivity index (χ1v) is 13.6. The van der Waals surface area contributed by atoms with Gasteiger partial charge in [-0.15, -0.1) is 0 Å². The lowest BCUT2D eigenvalue weighted by molar-refractivity contribution is -0.384. The Balaban J connectivity index is 1.39. The molecule has 0 fully saturated rings. The summed E-state index contributed by atoms with van der Waals surface area (Å²) in [6, 6.07) is 8.94. The predicted molar refractivity (Wildman–Crippen MR) is 159 cm³/mol. The van der Waals surface area contributed by atoms with Gasteiger partial charge in [0.15, 0.2) is 18.1 Å². The second-order valence-electron chi connectivity index (χ2n) is 9.03. The van der Waals surface area contributed by atoms with Crippen LogP contribution in [0, 0.1) is 10.1 Å². The highest BCUT2D eigenvalue weighted by Gasteiger charge is 2.32. The second kappa shape index (κ2) is 13.9. The molecular weight excluding hydrogens is 621 g/mol. The summed E-state index contributed by atoms with van der Waals surface area (Å²) in [7, 11) is 1.40. The topological polar surface area (TPSA) is 184 Å². The number of allylic oxidation sites excluding steroid dienone is 1. The number of nitrogens with one attached hydrogen (secondary N) is 3. The van der Waals surface area contributed by atoms with E-state index in [4.69, 9.17) is 41.8 Å². The summed E-state index contributed by atoms with van der Waals surface area (Å²) in [5, 5.41) is 20.3. The van der Waals surface area contributed by atoms with E-state index in [1.807, 2.05) is 0 Å². The van der Waals surface area contributed by atoms with E-state index in [0.29, 0.717) is 11.3 Å². The number of hydrogen-bond donors (Lipinski definition) is 3. The Labute approximate surface area is 260 Å². The summed E-state index contributed by atoms with van der Waals surface area (Å²) >= 11 is 12.0. The number of methoxy groups -OCH3 is 1. The van der Waals surface area contributed by atoms with Crippen molar-refractivity contribution in [2.75, 3.05) is 20.3 Å². The second-order valence-corrected chi connectivity index (χ2v) is 9.84. The number of halogens is 2. The van der Waals surface area contributed by atoms with E-state index >= 15 is 0 Å². The summed E-state index contributed by atoms with van der Waals surface area (Å²) in [5.74, 6) is -0.267. The van der Waals surface area contributed by atoms with Gasteiger partial charge in [0.1, 0.15) is 16.5 Å². The smallest absolute Gasteiger partial charge is 0.338 e. The molecule has 3 amide bonds. The van der Waals surface area contributed by atoms with Gasteiger partial charge in [-0.05, 0) is 49.7 Å². The van der Waals surface area contributed by atoms with Crippen molar-refractivity contribution in [1.29, 1.82) is 0 Å². The Bertz CT molecular complexity index is 1690. The molecule has 230 valence electrons. The molecule has 3 N–H and O–H groups in total. The molecule has 2 aromatic carbocycles. The number of hydrogen-bond acceptors (Lipinski definition) is 10. The van der Waals surface area contributed by atoms with Crippen LogP contribution in [0.4, 0.5) is 10.5 Å². The molecule has 16 heteroatoms. The first-order valence-electron chi connectivity index (χ1n) is 12.8. The van der Waals surface area contributed by atoms with E-state index in [9.17, 15) is 24.5 Å². The Morgan fingerprint density at radius 1 is 1.16 bits per heavy atom. The summed E-state index contributed by atoms with van der Waals surface area (Å²) in [5.41, 5.74) is 3.33. The van der Waals surface area contributed by atoms with Gasteiger partial charge in [-0.25, -0.2) is 15.0 Å². The maximum absolute atomic E-state index is 12.6. The zero-order chi connectivity index (χ0) is 32.0. The van der Waals surface area contributed by atoms with Crippen molar-refractivity contribution in [3.8, 4) is 22.8 Å². The Morgan fingerprint density at radius 3 is 2.64 bits per heavy atom. The normalized spacial score (nSPS) is 14.6. The molecule has 0 spiro atoms. The highest BCUT2D eigenvalue weighted by atomic mass is 35.5. The molecule has 2 heterocycles. The minimum Gasteiger partial charge on any atom is -0.493 e. The third kappa shape index (κ3) is 7.27. The number of benzene rings is 2. The van der Waals surface area contributed by atoms with Crippen LogP contribution in [0.3, 0.4) is 0 Å². The van der Waals surface area contributed by atoms with E-state index in [1.54, 1.807) is 26.0 Å². The maximum Gasteiger partial charge on any atom is 0.338 e. The fourth-order valence-corrected chi connectivity index (χ4v) is 4.73. The average molecular weight is 646 g/mol. The monoisotopic (exact) mass is 645 g/mol. The van der Waals surface area contributed by atoms with Crippen molar-refractivity contribution in [1.82, 2.24) is 16.1 Å². The van der Waals surface area contributed by atoms with Crippen LogP contribution in [0.2, 0.25) is 10.0 Å². The van der Waals surface area contributed by atoms with Gasteiger partial charge in [0.05, 0.1) is 41.5 Å². The number of esters is 1. The Kier molecular flexibility index (Phi) is 10.1. The number of rotatable bonds is 11. The molecule has 0 saturated heterocycles. The van der Waals surface area contributed by atoms with Crippen molar-refractivity contribution in [3.63, 3.8) is 0 Å². The minimum atomic E-state index is -0.809. The van der Waals surface area contributed by atoms with Crippen LogP contribution in [0.15, 0.2) is 63.3 Å². The van der Waals surface area contributed by atoms with Crippen molar-refractivity contribution in [2.24, 2.45) is 5.10 Å². The number of hydrazone groups is 1. The molecule has 0 bridgehead atoms. The summed E-state index contributed by atoms with van der Waals surface area (Å²) in [4.78, 5) is 47.6. The molecule has 4 rings (SSSR count). The van der Waals surface area contributed by atoms with Gasteiger partial charge in [0, 0.05) is 17.3 Å². The van der Waals surface area contributed by atoms with Crippen LogP contribution in [0.1, 0.15) is 31.2 Å². The number of carbonyl (C=O) groups is 3. The fourth-order valence-electron chi connectivity index (χ4n) is 4.18. The number of urea groups is 1. The summed E-state index contributed by atoms with van der Waals surface area (Å²) < 4.78 is 21.8. The lowest BCUT2D eigenvalue weighted by Gasteiger charge is -2.28. The fraction of sp³-hybridized carbons (Fsp3) is 0.214. The Hall–Kier alpha value is -5.08. The van der Waals surface area contributed by atoms with E-state index in [2.05, 4.69) is 21.2 Å². The third-order valence-corrected chi connectivity index (χ3v) is 6.77. The standard InChI is InChI=1S/C28H25Cl2N5O9/c1-4-42-27(37)25-14(2)32-28(38)33-26(25)15-5-7-22(23(9-15)41-3)43-13-24(36)34-31-12-16-6-8-21(44-16)17-10-20(35(39)40)19(30)11-18(17)29/h5-12,26H,4,13H2,1-3H3,(H,34,36)(H2,32,33,38)/b31-12-/t26-/m1/s1. The van der Waals surface area contributed by atoms with Gasteiger partial charge in [0.25, 0.3) is 11.6 Å². The van der Waals surface area contributed by atoms with Crippen LogP contribution < -0.4 is 25.5 Å². The van der Waals surface area contributed by atoms with Gasteiger partial charge >= 0.3 is 12.0 Å². The molecule has 0 saturated carbocycles. The molecule has 1 aliphatic heterocycles. The first-order chi connectivity index (χ1) is 21.0. The van der Waals surface area contributed by atoms with Gasteiger partial charge in [-0.2, -0.15) is 5.10 Å². The maximum atomic E-state index is 12.6. The first kappa shape index (κ1) is 31.8. The number of amides is 3. The Morgan fingerprint density at radius 2 is 1.93 bits per heavy atom. The SMILES string of the molecule is CCOC(=O)C1=C(C)NC(=O)N[C@@H]1c1ccc(OCC(=O)N/N=C\c2ccc(-c3cc([N+](=O)[O-])c(Cl)cc3Cl)o2)c(OC)c1. The number of nitro benzene ring substituents is 1. The molecular formula is C28H25Cl2N5O9. The zero-order valence-electron chi connectivity index (χ0n) is 23.4. The number of nitrogens with zero attached hydrogens (tertiary/aromatic N) is 2. The van der Waals surface area contributed by atoms with E-state index < -0.39 is 35.5 Å². The highest BCUT2D eigenvalue weighted by molar-refractivity contribution is 6.37. The molecule has 44 heavy (non-hydrogen) atoms. The lowest BCUT2D eigenvalue weighted by Crippen LogP contribution is -2.45. The molecule has 0 aliphatic carbocycles. The van der Waals surface area contributed by atoms with E-state index in [1.165, 1.54) is 43.7 Å². The molecule has 1 aliphatic rings. The predicted octanol–water partition coefficient (Wildman–Crippen LogP) is 4.89. The van der Waals surface area contributed by atoms with E-state index in [0.717, 1.165) is 0 Å². The van der Waals surface area contributed by atoms with Crippen molar-refractivity contribution in [3.05, 3.63) is 85.2 Å². The molecule has 0 unspecified atom stereocenters. The van der Waals surface area contributed by atoms with E-state index in [-0.39, 0.29) is 56.5 Å². The van der Waals surface area contributed by atoms with Crippen molar-refractivity contribution < 1.29 is 37.9 Å². The zero-order valence-corrected chi connectivity index (χ0v) is 24.9. The molecule has 14 nitrogen and oxygen atoms in total.